The van der Waals surface area contributed by atoms with Gasteiger partial charge in [-0.25, -0.2) is 0 Å². The van der Waals surface area contributed by atoms with Crippen LogP contribution in [0.3, 0.4) is 0 Å². The van der Waals surface area contributed by atoms with Crippen molar-refractivity contribution in [2.75, 3.05) is 5.32 Å². The quantitative estimate of drug-likeness (QED) is 0.735. The Morgan fingerprint density at radius 2 is 1.84 bits per heavy atom. The van der Waals surface area contributed by atoms with Crippen LogP contribution in [-0.2, 0) is 0 Å². The van der Waals surface area contributed by atoms with E-state index in [2.05, 4.69) is 5.32 Å². The third kappa shape index (κ3) is 2.71. The lowest BCUT2D eigenvalue weighted by Gasteiger charge is -2.08. The lowest BCUT2D eigenvalue weighted by atomic mass is 10.1. The van der Waals surface area contributed by atoms with Gasteiger partial charge in [0, 0.05) is 11.6 Å². The van der Waals surface area contributed by atoms with Gasteiger partial charge in [-0.3, -0.25) is 9.59 Å². The summed E-state index contributed by atoms with van der Waals surface area (Å²) in [7, 11) is 0. The number of hydrogen-bond acceptors (Lipinski definition) is 4. The second-order valence-electron chi connectivity index (χ2n) is 3.86. The summed E-state index contributed by atoms with van der Waals surface area (Å²) in [4.78, 5) is 22.8. The zero-order valence-corrected chi connectivity index (χ0v) is 9.83. The highest BCUT2D eigenvalue weighted by molar-refractivity contribution is 6.08. The minimum atomic E-state index is -0.563. The Balaban J connectivity index is 2.28. The number of amides is 1. The second-order valence-corrected chi connectivity index (χ2v) is 3.86. The van der Waals surface area contributed by atoms with Gasteiger partial charge in [-0.05, 0) is 24.3 Å². The van der Waals surface area contributed by atoms with E-state index in [1.807, 2.05) is 0 Å². The van der Waals surface area contributed by atoms with Gasteiger partial charge < -0.3 is 15.5 Å². The van der Waals surface area contributed by atoms with Crippen LogP contribution in [0.25, 0.3) is 0 Å². The summed E-state index contributed by atoms with van der Waals surface area (Å²) in [6.45, 7) is 0. The number of anilines is 1. The van der Waals surface area contributed by atoms with Crippen molar-refractivity contribution in [3.8, 4) is 11.5 Å². The molecule has 0 bridgehead atoms. The molecule has 0 heterocycles. The maximum Gasteiger partial charge on any atom is 0.259 e. The van der Waals surface area contributed by atoms with E-state index in [0.29, 0.717) is 17.5 Å². The third-order valence-corrected chi connectivity index (χ3v) is 2.56. The molecule has 0 saturated heterocycles. The number of hydrogen-bond donors (Lipinski definition) is 3. The Hall–Kier alpha value is -2.82. The predicted molar refractivity (Wildman–Crippen MR) is 69.6 cm³/mol. The normalized spacial score (nSPS) is 9.89. The Morgan fingerprint density at radius 1 is 1.11 bits per heavy atom. The molecule has 3 N–H and O–H groups in total. The number of para-hydroxylation sites is 1. The zero-order valence-electron chi connectivity index (χ0n) is 9.83. The number of carbonyl (C=O) groups is 2. The molecule has 0 saturated carbocycles. The van der Waals surface area contributed by atoms with E-state index in [-0.39, 0.29) is 17.1 Å². The summed E-state index contributed by atoms with van der Waals surface area (Å²) >= 11 is 0. The van der Waals surface area contributed by atoms with Crippen molar-refractivity contribution in [2.45, 2.75) is 0 Å². The molecule has 2 rings (SSSR count). The van der Waals surface area contributed by atoms with E-state index >= 15 is 0 Å². The first-order chi connectivity index (χ1) is 9.11. The van der Waals surface area contributed by atoms with Crippen molar-refractivity contribution in [3.05, 3.63) is 53.6 Å². The molecule has 0 atom stereocenters. The number of aromatic hydroxyl groups is 2. The van der Waals surface area contributed by atoms with Crippen LogP contribution in [0.5, 0.6) is 11.5 Å². The van der Waals surface area contributed by atoms with Crippen molar-refractivity contribution in [1.29, 1.82) is 0 Å². The number of phenols is 2. The van der Waals surface area contributed by atoms with Crippen LogP contribution in [0, 0.1) is 0 Å². The number of aldehydes is 1. The third-order valence-electron chi connectivity index (χ3n) is 2.56. The lowest BCUT2D eigenvalue weighted by molar-refractivity contribution is 0.102. The predicted octanol–water partition coefficient (Wildman–Crippen LogP) is 2.16. The number of carbonyl (C=O) groups excluding carboxylic acids is 2. The lowest BCUT2D eigenvalue weighted by Crippen LogP contribution is -2.13. The molecule has 0 unspecified atom stereocenters. The maximum absolute atomic E-state index is 11.9. The summed E-state index contributed by atoms with van der Waals surface area (Å²) in [6.07, 6.45) is 0.631. The van der Waals surface area contributed by atoms with Crippen LogP contribution in [0.4, 0.5) is 5.69 Å². The highest BCUT2D eigenvalue weighted by Crippen LogP contribution is 2.24. The van der Waals surface area contributed by atoms with Crippen LogP contribution < -0.4 is 5.32 Å². The zero-order chi connectivity index (χ0) is 13.8. The molecule has 0 aliphatic heterocycles. The molecule has 1 amide bonds. The fourth-order valence-electron chi connectivity index (χ4n) is 1.62. The molecule has 0 aliphatic rings. The molecule has 96 valence electrons. The van der Waals surface area contributed by atoms with Gasteiger partial charge in [0.2, 0.25) is 0 Å². The topological polar surface area (TPSA) is 86.6 Å². The minimum Gasteiger partial charge on any atom is -0.508 e. The highest BCUT2D eigenvalue weighted by atomic mass is 16.3. The summed E-state index contributed by atoms with van der Waals surface area (Å²) in [6, 6.07) is 10.2. The molecule has 2 aromatic rings. The summed E-state index contributed by atoms with van der Waals surface area (Å²) in [5, 5.41) is 21.3. The van der Waals surface area contributed by atoms with E-state index in [0.717, 1.165) is 6.07 Å². The highest BCUT2D eigenvalue weighted by Gasteiger charge is 2.13. The van der Waals surface area contributed by atoms with Gasteiger partial charge in [0.15, 0.2) is 6.29 Å². The number of benzene rings is 2. The van der Waals surface area contributed by atoms with Crippen molar-refractivity contribution < 1.29 is 19.8 Å². The van der Waals surface area contributed by atoms with Crippen molar-refractivity contribution >= 4 is 17.9 Å². The largest absolute Gasteiger partial charge is 0.508 e. The van der Waals surface area contributed by atoms with Crippen LogP contribution >= 0.6 is 0 Å². The first kappa shape index (κ1) is 12.6. The van der Waals surface area contributed by atoms with Crippen molar-refractivity contribution in [1.82, 2.24) is 0 Å². The van der Waals surface area contributed by atoms with Gasteiger partial charge in [-0.1, -0.05) is 12.1 Å². The van der Waals surface area contributed by atoms with Crippen LogP contribution in [-0.4, -0.2) is 22.4 Å². The molecule has 0 aromatic heterocycles. The van der Waals surface area contributed by atoms with E-state index in [4.69, 9.17) is 5.11 Å². The first-order valence-electron chi connectivity index (χ1n) is 5.49. The molecular formula is C14H11NO4. The fraction of sp³-hybridized carbons (Fsp3) is 0. The number of phenolic OH excluding ortho intramolecular Hbond substituents is 2. The molecule has 0 spiro atoms. The number of rotatable bonds is 3. The van der Waals surface area contributed by atoms with Crippen LogP contribution in [0.15, 0.2) is 42.5 Å². The van der Waals surface area contributed by atoms with Crippen LogP contribution in [0.2, 0.25) is 0 Å². The molecular weight excluding hydrogens is 246 g/mol. The molecule has 0 fully saturated rings. The average Bonchev–Trinajstić information content (AvgIpc) is 2.39. The average molecular weight is 257 g/mol. The molecule has 5 heteroatoms. The molecule has 0 radical (unpaired) electrons. The van der Waals surface area contributed by atoms with Crippen molar-refractivity contribution in [3.63, 3.8) is 0 Å². The summed E-state index contributed by atoms with van der Waals surface area (Å²) in [5.74, 6) is -1.03. The van der Waals surface area contributed by atoms with Crippen LogP contribution in [0.1, 0.15) is 20.7 Å². The molecule has 0 aliphatic carbocycles. The second kappa shape index (κ2) is 5.22. The van der Waals surface area contributed by atoms with E-state index in [9.17, 15) is 14.7 Å². The summed E-state index contributed by atoms with van der Waals surface area (Å²) < 4.78 is 0. The monoisotopic (exact) mass is 257 g/mol. The van der Waals surface area contributed by atoms with Gasteiger partial charge in [0.25, 0.3) is 5.91 Å². The fourth-order valence-corrected chi connectivity index (χ4v) is 1.62. The SMILES string of the molecule is O=Cc1ccccc1NC(=O)c1ccc(O)cc1O. The Morgan fingerprint density at radius 3 is 2.53 bits per heavy atom. The molecule has 2 aromatic carbocycles. The Labute approximate surface area is 109 Å². The number of nitrogens with one attached hydrogen (secondary N) is 1. The maximum atomic E-state index is 11.9. The smallest absolute Gasteiger partial charge is 0.259 e. The summed E-state index contributed by atoms with van der Waals surface area (Å²) in [5.41, 5.74) is 0.711. The van der Waals surface area contributed by atoms with Crippen molar-refractivity contribution in [2.24, 2.45) is 0 Å². The molecule has 19 heavy (non-hydrogen) atoms. The van der Waals surface area contributed by atoms with Gasteiger partial charge in [-0.2, -0.15) is 0 Å². The van der Waals surface area contributed by atoms with E-state index in [1.165, 1.54) is 12.1 Å². The van der Waals surface area contributed by atoms with Gasteiger partial charge >= 0.3 is 0 Å². The van der Waals surface area contributed by atoms with E-state index in [1.54, 1.807) is 24.3 Å². The van der Waals surface area contributed by atoms with Gasteiger partial charge in [0.05, 0.1) is 11.3 Å². The van der Waals surface area contributed by atoms with Gasteiger partial charge in [0.1, 0.15) is 11.5 Å². The first-order valence-corrected chi connectivity index (χ1v) is 5.49. The Bertz CT molecular complexity index is 637. The minimum absolute atomic E-state index is 0.0125. The molecule has 5 nitrogen and oxygen atoms in total. The Kier molecular flexibility index (Phi) is 3.47. The van der Waals surface area contributed by atoms with E-state index < -0.39 is 5.91 Å². The van der Waals surface area contributed by atoms with Gasteiger partial charge in [-0.15, -0.1) is 0 Å². The standard InChI is InChI=1S/C14H11NO4/c16-8-9-3-1-2-4-12(9)15-14(19)11-6-5-10(17)7-13(11)18/h1-8,17-18H,(H,15,19).